The maximum Gasteiger partial charge on any atom is 0.282 e. The van der Waals surface area contributed by atoms with Gasteiger partial charge in [0, 0.05) is 38.1 Å². The van der Waals surface area contributed by atoms with E-state index in [1.165, 1.54) is 11.8 Å². The standard InChI is InChI=1S/C27H26N4O3/c1-17-7-5-6-8-23(17)31-26(33)24(19-9-11-20(12-10-19)28-18(2)32)25(27(31)34)29-21-13-15-22(16-14-21)30(3)4/h5-16,29H,1-4H3,(H,28,32). The van der Waals surface area contributed by atoms with E-state index in [0.717, 1.165) is 11.3 Å². The fourth-order valence-corrected chi connectivity index (χ4v) is 3.86. The predicted octanol–water partition coefficient (Wildman–Crippen LogP) is 4.42. The first-order valence-electron chi connectivity index (χ1n) is 10.9. The Morgan fingerprint density at radius 2 is 1.44 bits per heavy atom. The summed E-state index contributed by atoms with van der Waals surface area (Å²) in [6.45, 7) is 3.29. The molecule has 1 heterocycles. The average molecular weight is 455 g/mol. The number of nitrogens with one attached hydrogen (secondary N) is 2. The van der Waals surface area contributed by atoms with E-state index < -0.39 is 11.8 Å². The lowest BCUT2D eigenvalue weighted by Crippen LogP contribution is -2.33. The van der Waals surface area contributed by atoms with E-state index >= 15 is 0 Å². The minimum absolute atomic E-state index is 0.187. The Morgan fingerprint density at radius 3 is 2.03 bits per heavy atom. The Kier molecular flexibility index (Phi) is 6.19. The smallest absolute Gasteiger partial charge is 0.282 e. The molecule has 0 fully saturated rings. The number of imide groups is 1. The summed E-state index contributed by atoms with van der Waals surface area (Å²) < 4.78 is 0. The third kappa shape index (κ3) is 4.41. The van der Waals surface area contributed by atoms with Gasteiger partial charge in [-0.1, -0.05) is 30.3 Å². The van der Waals surface area contributed by atoms with Gasteiger partial charge in [0.2, 0.25) is 5.91 Å². The number of anilines is 4. The highest BCUT2D eigenvalue weighted by atomic mass is 16.2. The second-order valence-electron chi connectivity index (χ2n) is 8.31. The maximum atomic E-state index is 13.6. The number of rotatable bonds is 6. The number of carbonyl (C=O) groups excluding carboxylic acids is 3. The number of amides is 3. The van der Waals surface area contributed by atoms with Crippen LogP contribution in [0.2, 0.25) is 0 Å². The normalized spacial score (nSPS) is 13.4. The van der Waals surface area contributed by atoms with Crippen LogP contribution in [0.1, 0.15) is 18.1 Å². The summed E-state index contributed by atoms with van der Waals surface area (Å²) in [4.78, 5) is 41.7. The van der Waals surface area contributed by atoms with Crippen molar-refractivity contribution in [2.75, 3.05) is 34.5 Å². The first-order chi connectivity index (χ1) is 16.3. The van der Waals surface area contributed by atoms with Gasteiger partial charge in [-0.2, -0.15) is 0 Å². The first-order valence-corrected chi connectivity index (χ1v) is 10.9. The van der Waals surface area contributed by atoms with Crippen molar-refractivity contribution in [3.8, 4) is 0 Å². The van der Waals surface area contributed by atoms with E-state index in [0.29, 0.717) is 22.6 Å². The molecule has 0 aliphatic carbocycles. The van der Waals surface area contributed by atoms with Crippen molar-refractivity contribution in [1.29, 1.82) is 0 Å². The van der Waals surface area contributed by atoms with Crippen molar-refractivity contribution < 1.29 is 14.4 Å². The van der Waals surface area contributed by atoms with Crippen LogP contribution >= 0.6 is 0 Å². The second-order valence-corrected chi connectivity index (χ2v) is 8.31. The molecule has 1 aliphatic rings. The van der Waals surface area contributed by atoms with E-state index in [4.69, 9.17) is 0 Å². The van der Waals surface area contributed by atoms with E-state index in [-0.39, 0.29) is 17.2 Å². The van der Waals surface area contributed by atoms with Gasteiger partial charge in [0.15, 0.2) is 0 Å². The van der Waals surface area contributed by atoms with Gasteiger partial charge < -0.3 is 15.5 Å². The summed E-state index contributed by atoms with van der Waals surface area (Å²) in [5.74, 6) is -1.01. The van der Waals surface area contributed by atoms with Gasteiger partial charge in [-0.25, -0.2) is 4.90 Å². The van der Waals surface area contributed by atoms with Crippen molar-refractivity contribution in [2.24, 2.45) is 0 Å². The summed E-state index contributed by atoms with van der Waals surface area (Å²) in [5, 5.41) is 5.89. The molecule has 0 aromatic heterocycles. The number of carbonyl (C=O) groups is 3. The summed E-state index contributed by atoms with van der Waals surface area (Å²) in [6, 6.07) is 21.8. The number of nitrogens with zero attached hydrogens (tertiary/aromatic N) is 2. The molecule has 4 rings (SSSR count). The molecular weight excluding hydrogens is 428 g/mol. The molecule has 0 saturated carbocycles. The second kappa shape index (κ2) is 9.23. The quantitative estimate of drug-likeness (QED) is 0.539. The van der Waals surface area contributed by atoms with Crippen molar-refractivity contribution in [3.05, 3.63) is 89.6 Å². The molecule has 2 N–H and O–H groups in total. The van der Waals surface area contributed by atoms with E-state index in [2.05, 4.69) is 10.6 Å². The molecule has 1 aliphatic heterocycles. The zero-order valence-electron chi connectivity index (χ0n) is 19.5. The molecule has 7 nitrogen and oxygen atoms in total. The van der Waals surface area contributed by atoms with Crippen LogP contribution in [-0.2, 0) is 14.4 Å². The Hall–Kier alpha value is -4.39. The Bertz CT molecular complexity index is 1290. The minimum Gasteiger partial charge on any atom is -0.378 e. The molecule has 0 atom stereocenters. The van der Waals surface area contributed by atoms with Crippen LogP contribution in [0.4, 0.5) is 22.7 Å². The molecule has 3 aromatic carbocycles. The minimum atomic E-state index is -0.420. The molecular formula is C27H26N4O3. The van der Waals surface area contributed by atoms with Crippen molar-refractivity contribution in [3.63, 3.8) is 0 Å². The number of benzene rings is 3. The van der Waals surface area contributed by atoms with Gasteiger partial charge in [-0.3, -0.25) is 14.4 Å². The Morgan fingerprint density at radius 1 is 0.824 bits per heavy atom. The number of para-hydroxylation sites is 1. The van der Waals surface area contributed by atoms with Crippen molar-refractivity contribution in [1.82, 2.24) is 0 Å². The van der Waals surface area contributed by atoms with Crippen LogP contribution in [0.15, 0.2) is 78.5 Å². The van der Waals surface area contributed by atoms with E-state index in [1.807, 2.05) is 62.3 Å². The first kappa shape index (κ1) is 22.8. The van der Waals surface area contributed by atoms with Gasteiger partial charge in [0.1, 0.15) is 5.70 Å². The SMILES string of the molecule is CC(=O)Nc1ccc(C2=C(Nc3ccc(N(C)C)cc3)C(=O)N(c3ccccc3C)C2=O)cc1. The number of hydrogen-bond donors (Lipinski definition) is 2. The summed E-state index contributed by atoms with van der Waals surface area (Å²) >= 11 is 0. The highest BCUT2D eigenvalue weighted by Gasteiger charge is 2.40. The van der Waals surface area contributed by atoms with Gasteiger partial charge in [0.25, 0.3) is 11.8 Å². The van der Waals surface area contributed by atoms with Crippen LogP contribution in [0.3, 0.4) is 0 Å². The predicted molar refractivity (Wildman–Crippen MR) is 136 cm³/mol. The topological polar surface area (TPSA) is 81.8 Å². The summed E-state index contributed by atoms with van der Waals surface area (Å²) in [6.07, 6.45) is 0. The van der Waals surface area contributed by atoms with Crippen molar-refractivity contribution >= 4 is 46.0 Å². The summed E-state index contributed by atoms with van der Waals surface area (Å²) in [5.41, 5.74) is 4.75. The maximum absolute atomic E-state index is 13.6. The molecule has 34 heavy (non-hydrogen) atoms. The van der Waals surface area contributed by atoms with Crippen LogP contribution in [0.25, 0.3) is 5.57 Å². The van der Waals surface area contributed by atoms with Gasteiger partial charge in [-0.05, 0) is 60.5 Å². The average Bonchev–Trinajstić information content (AvgIpc) is 3.04. The third-order valence-electron chi connectivity index (χ3n) is 5.59. The lowest BCUT2D eigenvalue weighted by molar-refractivity contribution is -0.120. The fraction of sp³-hybridized carbons (Fsp3) is 0.148. The number of hydrogen-bond acceptors (Lipinski definition) is 5. The van der Waals surface area contributed by atoms with E-state index in [9.17, 15) is 14.4 Å². The molecule has 7 heteroatoms. The molecule has 172 valence electrons. The lowest BCUT2D eigenvalue weighted by Gasteiger charge is -2.18. The molecule has 0 spiro atoms. The molecule has 3 aromatic rings. The van der Waals surface area contributed by atoms with Crippen molar-refractivity contribution in [2.45, 2.75) is 13.8 Å². The highest BCUT2D eigenvalue weighted by molar-refractivity contribution is 6.46. The number of aryl methyl sites for hydroxylation is 1. The molecule has 3 amide bonds. The van der Waals surface area contributed by atoms with E-state index in [1.54, 1.807) is 36.4 Å². The molecule has 0 unspecified atom stereocenters. The van der Waals surface area contributed by atoms with Gasteiger partial charge in [0.05, 0.1) is 11.3 Å². The zero-order valence-corrected chi connectivity index (χ0v) is 19.5. The fourth-order valence-electron chi connectivity index (χ4n) is 3.86. The highest BCUT2D eigenvalue weighted by Crippen LogP contribution is 2.35. The van der Waals surface area contributed by atoms with Crippen LogP contribution in [0.5, 0.6) is 0 Å². The van der Waals surface area contributed by atoms with Crippen LogP contribution in [-0.4, -0.2) is 31.8 Å². The van der Waals surface area contributed by atoms with Gasteiger partial charge in [-0.15, -0.1) is 0 Å². The van der Waals surface area contributed by atoms with Crippen LogP contribution in [0, 0.1) is 6.92 Å². The monoisotopic (exact) mass is 454 g/mol. The van der Waals surface area contributed by atoms with Crippen LogP contribution < -0.4 is 20.4 Å². The largest absolute Gasteiger partial charge is 0.378 e. The lowest BCUT2D eigenvalue weighted by atomic mass is 10.0. The Labute approximate surface area is 198 Å². The Balaban J connectivity index is 1.77. The molecule has 0 radical (unpaired) electrons. The molecule has 0 saturated heterocycles. The molecule has 0 bridgehead atoms. The summed E-state index contributed by atoms with van der Waals surface area (Å²) in [7, 11) is 3.90. The van der Waals surface area contributed by atoms with Gasteiger partial charge >= 0.3 is 0 Å². The third-order valence-corrected chi connectivity index (χ3v) is 5.59. The zero-order chi connectivity index (χ0) is 24.4.